The van der Waals surface area contributed by atoms with Gasteiger partial charge in [-0.3, -0.25) is 9.69 Å². The van der Waals surface area contributed by atoms with E-state index in [-0.39, 0.29) is 6.04 Å². The summed E-state index contributed by atoms with van der Waals surface area (Å²) in [7, 11) is 3.75. The second kappa shape index (κ2) is 6.23. The lowest BCUT2D eigenvalue weighted by atomic mass is 10.0. The van der Waals surface area contributed by atoms with Gasteiger partial charge in [-0.15, -0.1) is 0 Å². The molecule has 0 aromatic carbocycles. The molecule has 0 N–H and O–H groups in total. The van der Waals surface area contributed by atoms with Crippen LogP contribution in [0, 0.1) is 0 Å². The number of likely N-dealkylation sites (N-methyl/N-ethyl adjacent to an activating group) is 1. The first-order chi connectivity index (χ1) is 7.16. The number of Topliss-reactive ketones (excluding diaryl/α,β-unsaturated/α-hetero) is 1. The van der Waals surface area contributed by atoms with E-state index in [0.29, 0.717) is 18.4 Å². The lowest BCUT2D eigenvalue weighted by Crippen LogP contribution is -2.44. The summed E-state index contributed by atoms with van der Waals surface area (Å²) in [5, 5.41) is 0. The van der Waals surface area contributed by atoms with Crippen molar-refractivity contribution in [2.45, 2.75) is 51.1 Å². The monoisotopic (exact) mass is 213 g/mol. The molecule has 2 unspecified atom stereocenters. The summed E-state index contributed by atoms with van der Waals surface area (Å²) in [4.78, 5) is 14.1. The first kappa shape index (κ1) is 12.7. The fourth-order valence-corrected chi connectivity index (χ4v) is 2.24. The van der Waals surface area contributed by atoms with Gasteiger partial charge in [-0.25, -0.2) is 0 Å². The van der Waals surface area contributed by atoms with Crippen molar-refractivity contribution in [3.8, 4) is 0 Å². The zero-order valence-electron chi connectivity index (χ0n) is 10.2. The first-order valence-corrected chi connectivity index (χ1v) is 5.90. The Bertz CT molecular complexity index is 206. The van der Waals surface area contributed by atoms with Gasteiger partial charge in [0.2, 0.25) is 0 Å². The molecule has 15 heavy (non-hydrogen) atoms. The maximum Gasteiger partial charge on any atom is 0.149 e. The van der Waals surface area contributed by atoms with E-state index in [9.17, 15) is 4.79 Å². The first-order valence-electron chi connectivity index (χ1n) is 5.90. The summed E-state index contributed by atoms with van der Waals surface area (Å²) in [6.07, 6.45) is 5.23. The second-order valence-corrected chi connectivity index (χ2v) is 4.55. The van der Waals surface area contributed by atoms with Crippen LogP contribution in [0.1, 0.15) is 39.0 Å². The molecule has 3 heteroatoms. The number of methoxy groups -OCH3 is 1. The van der Waals surface area contributed by atoms with Crippen molar-refractivity contribution in [1.29, 1.82) is 0 Å². The highest BCUT2D eigenvalue weighted by Gasteiger charge is 2.27. The van der Waals surface area contributed by atoms with E-state index in [2.05, 4.69) is 11.8 Å². The van der Waals surface area contributed by atoms with Crippen LogP contribution in [0.5, 0.6) is 0 Å². The van der Waals surface area contributed by atoms with Gasteiger partial charge in [0, 0.05) is 19.6 Å². The molecule has 0 bridgehead atoms. The van der Waals surface area contributed by atoms with E-state index < -0.39 is 0 Å². The maximum absolute atomic E-state index is 11.9. The average Bonchev–Trinajstić information content (AvgIpc) is 2.42. The lowest BCUT2D eigenvalue weighted by Gasteiger charge is -2.31. The summed E-state index contributed by atoms with van der Waals surface area (Å²) in [5.41, 5.74) is 0. The summed E-state index contributed by atoms with van der Waals surface area (Å²) in [6, 6.07) is 0.444. The summed E-state index contributed by atoms with van der Waals surface area (Å²) in [6.45, 7) is 2.81. The van der Waals surface area contributed by atoms with Crippen molar-refractivity contribution < 1.29 is 9.53 Å². The van der Waals surface area contributed by atoms with Crippen LogP contribution >= 0.6 is 0 Å². The standard InChI is InChI=1S/C12H23NO2/c1-10(9-15-3)13(2)11-7-5-4-6-8-12(11)14/h10-11H,4-9H2,1-3H3. The highest BCUT2D eigenvalue weighted by atomic mass is 16.5. The van der Waals surface area contributed by atoms with Gasteiger partial charge in [0.05, 0.1) is 12.6 Å². The third-order valence-electron chi connectivity index (χ3n) is 3.37. The zero-order chi connectivity index (χ0) is 11.3. The summed E-state index contributed by atoms with van der Waals surface area (Å²) < 4.78 is 5.13. The number of rotatable bonds is 4. The Morgan fingerprint density at radius 2 is 2.20 bits per heavy atom. The third-order valence-corrected chi connectivity index (χ3v) is 3.37. The van der Waals surface area contributed by atoms with E-state index in [1.54, 1.807) is 7.11 Å². The van der Waals surface area contributed by atoms with Gasteiger partial charge in [0.25, 0.3) is 0 Å². The van der Waals surface area contributed by atoms with Gasteiger partial charge in [0.15, 0.2) is 0 Å². The van der Waals surface area contributed by atoms with E-state index in [4.69, 9.17) is 4.74 Å². The zero-order valence-corrected chi connectivity index (χ0v) is 10.2. The predicted molar refractivity (Wildman–Crippen MR) is 61.0 cm³/mol. The molecule has 1 fully saturated rings. The SMILES string of the molecule is COCC(C)N(C)C1CCCCCC1=O. The topological polar surface area (TPSA) is 29.5 Å². The molecule has 1 rings (SSSR count). The molecule has 1 saturated carbocycles. The molecule has 0 amide bonds. The van der Waals surface area contributed by atoms with Gasteiger partial charge in [-0.2, -0.15) is 0 Å². The number of carbonyl (C=O) groups is 1. The Labute approximate surface area is 92.8 Å². The molecule has 1 aliphatic rings. The van der Waals surface area contributed by atoms with Crippen molar-refractivity contribution in [2.75, 3.05) is 20.8 Å². The molecule has 88 valence electrons. The van der Waals surface area contributed by atoms with Gasteiger partial charge < -0.3 is 4.74 Å². The number of hydrogen-bond acceptors (Lipinski definition) is 3. The molecule has 0 aromatic rings. The van der Waals surface area contributed by atoms with Crippen LogP contribution in [0.4, 0.5) is 0 Å². The maximum atomic E-state index is 11.9. The van der Waals surface area contributed by atoms with Gasteiger partial charge >= 0.3 is 0 Å². The highest BCUT2D eigenvalue weighted by Crippen LogP contribution is 2.19. The quantitative estimate of drug-likeness (QED) is 0.668. The number of carbonyl (C=O) groups excluding carboxylic acids is 1. The number of hydrogen-bond donors (Lipinski definition) is 0. The summed E-state index contributed by atoms with van der Waals surface area (Å²) >= 11 is 0. The Balaban J connectivity index is 2.54. The fraction of sp³-hybridized carbons (Fsp3) is 0.917. The Morgan fingerprint density at radius 3 is 2.87 bits per heavy atom. The largest absolute Gasteiger partial charge is 0.383 e. The van der Waals surface area contributed by atoms with E-state index in [1.807, 2.05) is 7.05 Å². The van der Waals surface area contributed by atoms with Crippen molar-refractivity contribution in [1.82, 2.24) is 4.90 Å². The number of ketones is 1. The van der Waals surface area contributed by atoms with Crippen molar-refractivity contribution >= 4 is 5.78 Å². The van der Waals surface area contributed by atoms with Crippen LogP contribution in [0.15, 0.2) is 0 Å². The van der Waals surface area contributed by atoms with Gasteiger partial charge in [-0.1, -0.05) is 12.8 Å². The molecule has 0 saturated heterocycles. The summed E-state index contributed by atoms with van der Waals surface area (Å²) in [5.74, 6) is 0.415. The predicted octanol–water partition coefficient (Wildman–Crippen LogP) is 1.85. The molecular weight excluding hydrogens is 190 g/mol. The van der Waals surface area contributed by atoms with E-state index in [1.165, 1.54) is 12.8 Å². The third kappa shape index (κ3) is 3.58. The Morgan fingerprint density at radius 1 is 1.47 bits per heavy atom. The smallest absolute Gasteiger partial charge is 0.149 e. The van der Waals surface area contributed by atoms with Gasteiger partial charge in [-0.05, 0) is 26.8 Å². The molecule has 1 aliphatic carbocycles. The van der Waals surface area contributed by atoms with Crippen LogP contribution in [0.3, 0.4) is 0 Å². The molecular formula is C12H23NO2. The van der Waals surface area contributed by atoms with Crippen LogP contribution in [0.25, 0.3) is 0 Å². The Kier molecular flexibility index (Phi) is 5.26. The average molecular weight is 213 g/mol. The van der Waals surface area contributed by atoms with Crippen LogP contribution in [-0.2, 0) is 9.53 Å². The molecule has 3 nitrogen and oxygen atoms in total. The van der Waals surface area contributed by atoms with Crippen LogP contribution < -0.4 is 0 Å². The minimum Gasteiger partial charge on any atom is -0.383 e. The van der Waals surface area contributed by atoms with Crippen LogP contribution in [-0.4, -0.2) is 43.5 Å². The number of nitrogens with zero attached hydrogens (tertiary/aromatic N) is 1. The second-order valence-electron chi connectivity index (χ2n) is 4.55. The molecule has 0 aliphatic heterocycles. The lowest BCUT2D eigenvalue weighted by molar-refractivity contribution is -0.124. The molecule has 0 spiro atoms. The van der Waals surface area contributed by atoms with Crippen molar-refractivity contribution in [3.63, 3.8) is 0 Å². The molecule has 2 atom stereocenters. The van der Waals surface area contributed by atoms with Gasteiger partial charge in [0.1, 0.15) is 5.78 Å². The van der Waals surface area contributed by atoms with E-state index >= 15 is 0 Å². The number of ether oxygens (including phenoxy) is 1. The minimum absolute atomic E-state index is 0.123. The van der Waals surface area contributed by atoms with Crippen molar-refractivity contribution in [3.05, 3.63) is 0 Å². The van der Waals surface area contributed by atoms with E-state index in [0.717, 1.165) is 19.3 Å². The molecule has 0 heterocycles. The molecule has 0 aromatic heterocycles. The normalized spacial score (nSPS) is 25.3. The minimum atomic E-state index is 0.123. The van der Waals surface area contributed by atoms with Crippen LogP contribution in [0.2, 0.25) is 0 Å². The highest BCUT2D eigenvalue weighted by molar-refractivity contribution is 5.84. The fourth-order valence-electron chi connectivity index (χ4n) is 2.24. The Hall–Kier alpha value is -0.410. The molecule has 0 radical (unpaired) electrons. The van der Waals surface area contributed by atoms with Crippen molar-refractivity contribution in [2.24, 2.45) is 0 Å².